The minimum absolute atomic E-state index is 0.790. The zero-order valence-electron chi connectivity index (χ0n) is 6.68. The molecule has 0 fully saturated rings. The molecular weight excluding hydrogens is 152 g/mol. The molecule has 0 radical (unpaired) electrons. The lowest BCUT2D eigenvalue weighted by molar-refractivity contribution is 0.839. The molecule has 0 bridgehead atoms. The molecule has 2 aromatic rings. The van der Waals surface area contributed by atoms with E-state index in [1.54, 1.807) is 17.1 Å². The zero-order valence-corrected chi connectivity index (χ0v) is 6.68. The topological polar surface area (TPSA) is 43.6 Å². The summed E-state index contributed by atoms with van der Waals surface area (Å²) >= 11 is 0. The lowest BCUT2D eigenvalue weighted by atomic mass is 10.4. The lowest BCUT2D eigenvalue weighted by Gasteiger charge is -1.96. The van der Waals surface area contributed by atoms with Crippen molar-refractivity contribution >= 4 is 0 Å². The van der Waals surface area contributed by atoms with Gasteiger partial charge in [-0.2, -0.15) is 5.10 Å². The van der Waals surface area contributed by atoms with Crippen LogP contribution in [0, 0.1) is 6.92 Å². The summed E-state index contributed by atoms with van der Waals surface area (Å²) in [5.41, 5.74) is 1.12. The van der Waals surface area contributed by atoms with Crippen LogP contribution in [0.5, 0.6) is 0 Å². The van der Waals surface area contributed by atoms with Gasteiger partial charge in [0.05, 0.1) is 6.20 Å². The Kier molecular flexibility index (Phi) is 1.59. The molecule has 0 amide bonds. The van der Waals surface area contributed by atoms with Crippen molar-refractivity contribution in [1.82, 2.24) is 19.7 Å². The van der Waals surface area contributed by atoms with Gasteiger partial charge in [-0.25, -0.2) is 14.6 Å². The maximum Gasteiger partial charge on any atom is 0.156 e. The molecule has 0 N–H and O–H groups in total. The Morgan fingerprint density at radius 1 is 1.42 bits per heavy atom. The van der Waals surface area contributed by atoms with E-state index in [9.17, 15) is 0 Å². The summed E-state index contributed by atoms with van der Waals surface area (Å²) in [5.74, 6) is 0.790. The third-order valence-electron chi connectivity index (χ3n) is 1.51. The molecule has 2 aromatic heterocycles. The van der Waals surface area contributed by atoms with Gasteiger partial charge in [0.1, 0.15) is 6.33 Å². The van der Waals surface area contributed by atoms with Gasteiger partial charge in [-0.05, 0) is 12.5 Å². The fraction of sp³-hybridized carbons (Fsp3) is 0.125. The average molecular weight is 160 g/mol. The second kappa shape index (κ2) is 2.73. The predicted molar refractivity (Wildman–Crippen MR) is 43.9 cm³/mol. The largest absolute Gasteiger partial charge is 0.245 e. The molecule has 2 heterocycles. The standard InChI is InChI=1S/C8H8N4/c1-7-4-11-12(5-7)8-2-3-9-6-10-8/h2-6H,1H3. The van der Waals surface area contributed by atoms with Crippen molar-refractivity contribution < 1.29 is 0 Å². The van der Waals surface area contributed by atoms with Crippen molar-refractivity contribution in [3.05, 3.63) is 36.5 Å². The van der Waals surface area contributed by atoms with E-state index in [2.05, 4.69) is 15.1 Å². The van der Waals surface area contributed by atoms with E-state index in [1.165, 1.54) is 6.33 Å². The summed E-state index contributed by atoms with van der Waals surface area (Å²) in [6.45, 7) is 1.99. The summed E-state index contributed by atoms with van der Waals surface area (Å²) in [6.07, 6.45) is 6.91. The zero-order chi connectivity index (χ0) is 8.39. The third-order valence-corrected chi connectivity index (χ3v) is 1.51. The van der Waals surface area contributed by atoms with Crippen molar-refractivity contribution in [2.24, 2.45) is 0 Å². The predicted octanol–water partition coefficient (Wildman–Crippen LogP) is 0.971. The highest BCUT2D eigenvalue weighted by Gasteiger charge is 1.96. The molecule has 0 saturated heterocycles. The molecule has 4 heteroatoms. The van der Waals surface area contributed by atoms with Crippen molar-refractivity contribution in [2.75, 3.05) is 0 Å². The maximum atomic E-state index is 4.11. The van der Waals surface area contributed by atoms with E-state index >= 15 is 0 Å². The van der Waals surface area contributed by atoms with E-state index in [0.717, 1.165) is 11.4 Å². The Morgan fingerprint density at radius 3 is 2.92 bits per heavy atom. The van der Waals surface area contributed by atoms with Crippen LogP contribution in [0.15, 0.2) is 31.0 Å². The van der Waals surface area contributed by atoms with Gasteiger partial charge in [-0.1, -0.05) is 0 Å². The summed E-state index contributed by atoms with van der Waals surface area (Å²) in [6, 6.07) is 1.81. The smallest absolute Gasteiger partial charge is 0.156 e. The van der Waals surface area contributed by atoms with E-state index in [0.29, 0.717) is 0 Å². The minimum atomic E-state index is 0.790. The first-order valence-corrected chi connectivity index (χ1v) is 3.64. The SMILES string of the molecule is Cc1cnn(-c2ccncn2)c1. The molecular formula is C8H8N4. The fourth-order valence-corrected chi connectivity index (χ4v) is 0.957. The van der Waals surface area contributed by atoms with Crippen LogP contribution in [-0.2, 0) is 0 Å². The van der Waals surface area contributed by atoms with Crippen molar-refractivity contribution in [3.8, 4) is 5.82 Å². The molecule has 60 valence electrons. The van der Waals surface area contributed by atoms with Crippen molar-refractivity contribution in [3.63, 3.8) is 0 Å². The van der Waals surface area contributed by atoms with Gasteiger partial charge in [0.2, 0.25) is 0 Å². The number of rotatable bonds is 1. The number of nitrogens with zero attached hydrogens (tertiary/aromatic N) is 4. The van der Waals surface area contributed by atoms with Crippen LogP contribution >= 0.6 is 0 Å². The normalized spacial score (nSPS) is 10.1. The second-order valence-electron chi connectivity index (χ2n) is 2.53. The van der Waals surface area contributed by atoms with Gasteiger partial charge < -0.3 is 0 Å². The highest BCUT2D eigenvalue weighted by Crippen LogP contribution is 2.01. The Labute approximate surface area is 69.9 Å². The maximum absolute atomic E-state index is 4.11. The Bertz CT molecular complexity index is 366. The van der Waals surface area contributed by atoms with Gasteiger partial charge in [-0.15, -0.1) is 0 Å². The van der Waals surface area contributed by atoms with E-state index in [1.807, 2.05) is 19.2 Å². The molecule has 0 aliphatic carbocycles. The number of hydrogen-bond donors (Lipinski definition) is 0. The van der Waals surface area contributed by atoms with E-state index in [-0.39, 0.29) is 0 Å². The first kappa shape index (κ1) is 6.97. The van der Waals surface area contributed by atoms with Gasteiger partial charge in [0.15, 0.2) is 5.82 Å². The van der Waals surface area contributed by atoms with Crippen LogP contribution in [0.1, 0.15) is 5.56 Å². The average Bonchev–Trinajstić information content (AvgIpc) is 2.54. The number of aryl methyl sites for hydroxylation is 1. The molecule has 4 nitrogen and oxygen atoms in total. The Balaban J connectivity index is 2.45. The molecule has 2 rings (SSSR count). The first-order chi connectivity index (χ1) is 5.86. The van der Waals surface area contributed by atoms with Crippen LogP contribution in [-0.4, -0.2) is 19.7 Å². The first-order valence-electron chi connectivity index (χ1n) is 3.64. The summed E-state index contributed by atoms with van der Waals surface area (Å²) in [5, 5.41) is 4.11. The van der Waals surface area contributed by atoms with Gasteiger partial charge in [0, 0.05) is 18.5 Å². The molecule has 12 heavy (non-hydrogen) atoms. The van der Waals surface area contributed by atoms with Crippen LogP contribution in [0.2, 0.25) is 0 Å². The van der Waals surface area contributed by atoms with Crippen LogP contribution < -0.4 is 0 Å². The molecule has 0 unspecified atom stereocenters. The van der Waals surface area contributed by atoms with Crippen molar-refractivity contribution in [1.29, 1.82) is 0 Å². The van der Waals surface area contributed by atoms with E-state index in [4.69, 9.17) is 0 Å². The molecule has 0 aliphatic rings. The summed E-state index contributed by atoms with van der Waals surface area (Å²) in [7, 11) is 0. The highest BCUT2D eigenvalue weighted by molar-refractivity contribution is 5.19. The van der Waals surface area contributed by atoms with Crippen LogP contribution in [0.25, 0.3) is 5.82 Å². The Morgan fingerprint density at radius 2 is 2.33 bits per heavy atom. The molecule has 0 saturated carbocycles. The summed E-state index contributed by atoms with van der Waals surface area (Å²) in [4.78, 5) is 7.88. The third kappa shape index (κ3) is 1.18. The molecule has 0 aromatic carbocycles. The molecule has 0 atom stereocenters. The number of hydrogen-bond acceptors (Lipinski definition) is 3. The van der Waals surface area contributed by atoms with Gasteiger partial charge >= 0.3 is 0 Å². The van der Waals surface area contributed by atoms with Crippen LogP contribution in [0.4, 0.5) is 0 Å². The fourth-order valence-electron chi connectivity index (χ4n) is 0.957. The Hall–Kier alpha value is -1.71. The van der Waals surface area contributed by atoms with Gasteiger partial charge in [0.25, 0.3) is 0 Å². The lowest BCUT2D eigenvalue weighted by Crippen LogP contribution is -1.96. The second-order valence-corrected chi connectivity index (χ2v) is 2.53. The highest BCUT2D eigenvalue weighted by atomic mass is 15.3. The van der Waals surface area contributed by atoms with E-state index < -0.39 is 0 Å². The molecule has 0 aliphatic heterocycles. The van der Waals surface area contributed by atoms with Gasteiger partial charge in [-0.3, -0.25) is 0 Å². The quantitative estimate of drug-likeness (QED) is 0.624. The monoisotopic (exact) mass is 160 g/mol. The van der Waals surface area contributed by atoms with Crippen LogP contribution in [0.3, 0.4) is 0 Å². The summed E-state index contributed by atoms with van der Waals surface area (Å²) < 4.78 is 1.72. The minimum Gasteiger partial charge on any atom is -0.245 e. The number of aromatic nitrogens is 4. The van der Waals surface area contributed by atoms with Crippen molar-refractivity contribution in [2.45, 2.75) is 6.92 Å². The molecule has 0 spiro atoms.